The second-order valence-corrected chi connectivity index (χ2v) is 7.51. The van der Waals surface area contributed by atoms with Crippen molar-refractivity contribution in [3.05, 3.63) is 78.9 Å². The summed E-state index contributed by atoms with van der Waals surface area (Å²) in [7, 11) is -1.47. The molecule has 5 aromatic rings. The Kier molecular flexibility index (Phi) is 3.57. The Morgan fingerprint density at radius 1 is 0.615 bits per heavy atom. The van der Waals surface area contributed by atoms with Crippen LogP contribution >= 0.6 is 11.3 Å². The van der Waals surface area contributed by atoms with Crippen molar-refractivity contribution in [2.75, 3.05) is 0 Å². The molecule has 0 aliphatic carbocycles. The number of rotatable bonds is 2. The zero-order chi connectivity index (χ0) is 17.7. The molecule has 0 fully saturated rings. The van der Waals surface area contributed by atoms with Gasteiger partial charge in [-0.05, 0) is 39.5 Å². The maximum atomic E-state index is 9.66. The second-order valence-electron chi connectivity index (χ2n) is 6.43. The standard InChI is InChI=1S/C22H15BO2S/c24-23(25)20-12-11-15(16-5-1-2-6-17(16)20)14-9-10-19-18-7-3-4-8-21(18)26-22(19)13-14/h1-13,24-25H. The minimum Gasteiger partial charge on any atom is -0.423 e. The summed E-state index contributed by atoms with van der Waals surface area (Å²) in [5.74, 6) is 0. The van der Waals surface area contributed by atoms with Gasteiger partial charge in [-0.1, -0.05) is 66.7 Å². The van der Waals surface area contributed by atoms with Crippen LogP contribution in [0, 0.1) is 0 Å². The molecule has 0 aliphatic heterocycles. The normalized spacial score (nSPS) is 11.5. The van der Waals surface area contributed by atoms with Gasteiger partial charge >= 0.3 is 7.12 Å². The van der Waals surface area contributed by atoms with Crippen LogP contribution < -0.4 is 5.46 Å². The van der Waals surface area contributed by atoms with Gasteiger partial charge in [0.15, 0.2) is 0 Å². The van der Waals surface area contributed by atoms with Crippen molar-refractivity contribution in [3.8, 4) is 11.1 Å². The molecular weight excluding hydrogens is 339 g/mol. The molecule has 0 unspecified atom stereocenters. The summed E-state index contributed by atoms with van der Waals surface area (Å²) < 4.78 is 2.56. The molecule has 124 valence electrons. The molecule has 1 heterocycles. The summed E-state index contributed by atoms with van der Waals surface area (Å²) in [6, 6.07) is 26.7. The Morgan fingerprint density at radius 2 is 1.31 bits per heavy atom. The number of hydrogen-bond acceptors (Lipinski definition) is 3. The Bertz CT molecular complexity index is 1270. The van der Waals surface area contributed by atoms with E-state index in [0.717, 1.165) is 21.9 Å². The van der Waals surface area contributed by atoms with Crippen LogP contribution in [0.1, 0.15) is 0 Å². The third-order valence-corrected chi connectivity index (χ3v) is 6.06. The number of fused-ring (bicyclic) bond motifs is 4. The lowest BCUT2D eigenvalue weighted by Gasteiger charge is -2.11. The highest BCUT2D eigenvalue weighted by molar-refractivity contribution is 7.25. The fourth-order valence-electron chi connectivity index (χ4n) is 3.69. The van der Waals surface area contributed by atoms with E-state index in [0.29, 0.717) is 5.46 Å². The van der Waals surface area contributed by atoms with Crippen LogP contribution in [0.2, 0.25) is 0 Å². The average molecular weight is 354 g/mol. The molecule has 4 aromatic carbocycles. The Labute approximate surface area is 155 Å². The van der Waals surface area contributed by atoms with E-state index in [1.165, 1.54) is 20.2 Å². The van der Waals surface area contributed by atoms with Crippen LogP contribution in [0.25, 0.3) is 42.1 Å². The minimum absolute atomic E-state index is 0.535. The van der Waals surface area contributed by atoms with Gasteiger partial charge in [0.1, 0.15) is 0 Å². The third-order valence-electron chi connectivity index (χ3n) is 4.93. The molecular formula is C22H15BO2S. The summed E-state index contributed by atoms with van der Waals surface area (Å²) in [6.07, 6.45) is 0. The SMILES string of the molecule is OB(O)c1ccc(-c2ccc3c(c2)sc2ccccc23)c2ccccc12. The van der Waals surface area contributed by atoms with Crippen molar-refractivity contribution in [2.45, 2.75) is 0 Å². The van der Waals surface area contributed by atoms with E-state index in [9.17, 15) is 10.0 Å². The first-order valence-corrected chi connectivity index (χ1v) is 9.33. The highest BCUT2D eigenvalue weighted by atomic mass is 32.1. The molecule has 5 rings (SSSR count). The molecule has 0 amide bonds. The molecule has 0 saturated carbocycles. The quantitative estimate of drug-likeness (QED) is 0.457. The predicted octanol–water partition coefficient (Wildman–Crippen LogP) is 4.55. The first-order chi connectivity index (χ1) is 12.7. The predicted molar refractivity (Wildman–Crippen MR) is 112 cm³/mol. The molecule has 0 radical (unpaired) electrons. The molecule has 26 heavy (non-hydrogen) atoms. The first kappa shape index (κ1) is 15.6. The molecule has 4 heteroatoms. The summed E-state index contributed by atoms with van der Waals surface area (Å²) in [6.45, 7) is 0. The van der Waals surface area contributed by atoms with Crippen LogP contribution in [0.3, 0.4) is 0 Å². The zero-order valence-corrected chi connectivity index (χ0v) is 14.7. The van der Waals surface area contributed by atoms with Crippen LogP contribution in [-0.2, 0) is 0 Å². The van der Waals surface area contributed by atoms with Crippen LogP contribution in [0.15, 0.2) is 78.9 Å². The fourth-order valence-corrected chi connectivity index (χ4v) is 4.84. The zero-order valence-electron chi connectivity index (χ0n) is 13.9. The third kappa shape index (κ3) is 2.35. The van der Waals surface area contributed by atoms with Crippen LogP contribution in [-0.4, -0.2) is 17.2 Å². The Balaban J connectivity index is 1.77. The molecule has 0 spiro atoms. The topological polar surface area (TPSA) is 40.5 Å². The van der Waals surface area contributed by atoms with Crippen molar-refractivity contribution in [2.24, 2.45) is 0 Å². The summed E-state index contributed by atoms with van der Waals surface area (Å²) in [4.78, 5) is 0. The highest BCUT2D eigenvalue weighted by Gasteiger charge is 2.17. The summed E-state index contributed by atoms with van der Waals surface area (Å²) in [5, 5.41) is 23.8. The van der Waals surface area contributed by atoms with Gasteiger partial charge in [0.2, 0.25) is 0 Å². The van der Waals surface area contributed by atoms with Crippen LogP contribution in [0.5, 0.6) is 0 Å². The first-order valence-electron chi connectivity index (χ1n) is 8.52. The van der Waals surface area contributed by atoms with Gasteiger partial charge in [-0.2, -0.15) is 0 Å². The fraction of sp³-hybridized carbons (Fsp3) is 0. The van der Waals surface area contributed by atoms with E-state index in [1.54, 1.807) is 17.4 Å². The van der Waals surface area contributed by atoms with Gasteiger partial charge in [-0.25, -0.2) is 0 Å². The monoisotopic (exact) mass is 354 g/mol. The maximum absolute atomic E-state index is 9.66. The Hall–Kier alpha value is -2.66. The van der Waals surface area contributed by atoms with Gasteiger partial charge < -0.3 is 10.0 Å². The van der Waals surface area contributed by atoms with Gasteiger partial charge in [0, 0.05) is 20.2 Å². The van der Waals surface area contributed by atoms with Crippen molar-refractivity contribution in [3.63, 3.8) is 0 Å². The molecule has 2 nitrogen and oxygen atoms in total. The summed E-state index contributed by atoms with van der Waals surface area (Å²) in [5.41, 5.74) is 2.77. The summed E-state index contributed by atoms with van der Waals surface area (Å²) >= 11 is 1.80. The van der Waals surface area contributed by atoms with E-state index in [-0.39, 0.29) is 0 Å². The van der Waals surface area contributed by atoms with E-state index < -0.39 is 7.12 Å². The molecule has 2 N–H and O–H groups in total. The van der Waals surface area contributed by atoms with Gasteiger partial charge in [0.05, 0.1) is 0 Å². The van der Waals surface area contributed by atoms with Crippen molar-refractivity contribution in [1.29, 1.82) is 0 Å². The van der Waals surface area contributed by atoms with Crippen molar-refractivity contribution in [1.82, 2.24) is 0 Å². The average Bonchev–Trinajstić information content (AvgIpc) is 3.04. The lowest BCUT2D eigenvalue weighted by molar-refractivity contribution is 0.426. The second kappa shape index (κ2) is 5.96. The largest absolute Gasteiger partial charge is 0.489 e. The molecule has 0 saturated heterocycles. The maximum Gasteiger partial charge on any atom is 0.489 e. The van der Waals surface area contributed by atoms with E-state index >= 15 is 0 Å². The number of hydrogen-bond donors (Lipinski definition) is 2. The van der Waals surface area contributed by atoms with Crippen LogP contribution in [0.4, 0.5) is 0 Å². The van der Waals surface area contributed by atoms with E-state index in [4.69, 9.17) is 0 Å². The lowest BCUT2D eigenvalue weighted by atomic mass is 9.76. The molecule has 0 bridgehead atoms. The number of thiophene rings is 1. The highest BCUT2D eigenvalue weighted by Crippen LogP contribution is 2.37. The van der Waals surface area contributed by atoms with E-state index in [1.807, 2.05) is 30.3 Å². The van der Waals surface area contributed by atoms with Gasteiger partial charge in [-0.3, -0.25) is 0 Å². The van der Waals surface area contributed by atoms with E-state index in [2.05, 4.69) is 42.5 Å². The minimum atomic E-state index is -1.47. The molecule has 0 aliphatic rings. The number of benzene rings is 4. The van der Waals surface area contributed by atoms with Crippen molar-refractivity contribution < 1.29 is 10.0 Å². The molecule has 0 atom stereocenters. The van der Waals surface area contributed by atoms with Crippen molar-refractivity contribution >= 4 is 54.9 Å². The molecule has 1 aromatic heterocycles. The lowest BCUT2D eigenvalue weighted by Crippen LogP contribution is -2.30. The Morgan fingerprint density at radius 3 is 2.12 bits per heavy atom. The van der Waals surface area contributed by atoms with Gasteiger partial charge in [0.25, 0.3) is 0 Å². The smallest absolute Gasteiger partial charge is 0.423 e. The van der Waals surface area contributed by atoms with Gasteiger partial charge in [-0.15, -0.1) is 11.3 Å².